The number of ether oxygens (including phenoxy) is 1. The topological polar surface area (TPSA) is 90.7 Å². The molecule has 118 valence electrons. The number of urea groups is 1. The molecule has 0 radical (unpaired) electrons. The van der Waals surface area contributed by atoms with Crippen molar-refractivity contribution in [3.05, 3.63) is 35.1 Å². The number of allylic oxidation sites excluding steroid dienone is 2. The monoisotopic (exact) mass is 313 g/mol. The standard InChI is InChI=1S/C16H15N3O4/c1-16(2)14(21)13(19-8-12(20)18(3)15(19)22)10-6-9(7-17)4-5-11(10)23-16/h4-6,11H,8H2,1-3H3. The maximum atomic E-state index is 12.8. The van der Waals surface area contributed by atoms with Crippen LogP contribution in [0.25, 0.3) is 0 Å². The molecule has 0 N–H and O–H groups in total. The second-order valence-corrected chi connectivity index (χ2v) is 6.07. The minimum atomic E-state index is -1.13. The fraction of sp³-hybridized carbons (Fsp3) is 0.375. The first-order chi connectivity index (χ1) is 10.8. The molecule has 3 rings (SSSR count). The minimum absolute atomic E-state index is 0.131. The molecule has 3 amide bonds. The predicted molar refractivity (Wildman–Crippen MR) is 78.7 cm³/mol. The van der Waals surface area contributed by atoms with E-state index in [0.717, 1.165) is 4.90 Å². The quantitative estimate of drug-likeness (QED) is 0.671. The van der Waals surface area contributed by atoms with Crippen LogP contribution in [0.1, 0.15) is 13.8 Å². The largest absolute Gasteiger partial charge is 0.355 e. The molecule has 3 aliphatic rings. The number of hydrogen-bond acceptors (Lipinski definition) is 5. The molecular formula is C16H15N3O4. The highest BCUT2D eigenvalue weighted by Crippen LogP contribution is 2.36. The smallest absolute Gasteiger partial charge is 0.331 e. The van der Waals surface area contributed by atoms with Crippen molar-refractivity contribution < 1.29 is 19.1 Å². The molecule has 0 aromatic rings. The van der Waals surface area contributed by atoms with Crippen LogP contribution in [-0.4, -0.2) is 52.8 Å². The van der Waals surface area contributed by atoms with Gasteiger partial charge in [-0.3, -0.25) is 19.4 Å². The summed E-state index contributed by atoms with van der Waals surface area (Å²) in [5, 5.41) is 9.08. The number of Topliss-reactive ketones (excluding diaryl/α,β-unsaturated/α-hetero) is 1. The molecule has 1 fully saturated rings. The van der Waals surface area contributed by atoms with Gasteiger partial charge in [-0.05, 0) is 32.1 Å². The number of imide groups is 1. The Labute approximate surface area is 133 Å². The van der Waals surface area contributed by atoms with Gasteiger partial charge in [-0.2, -0.15) is 5.26 Å². The number of ketones is 1. The van der Waals surface area contributed by atoms with Crippen molar-refractivity contribution in [1.29, 1.82) is 5.26 Å². The number of nitriles is 1. The summed E-state index contributed by atoms with van der Waals surface area (Å²) in [6.07, 6.45) is 4.28. The molecule has 2 heterocycles. The summed E-state index contributed by atoms with van der Waals surface area (Å²) in [6.45, 7) is 3.05. The van der Waals surface area contributed by atoms with E-state index in [4.69, 9.17) is 10.00 Å². The van der Waals surface area contributed by atoms with Gasteiger partial charge in [-0.15, -0.1) is 0 Å². The Morgan fingerprint density at radius 3 is 2.61 bits per heavy atom. The molecular weight excluding hydrogens is 298 g/mol. The molecule has 1 saturated heterocycles. The fourth-order valence-corrected chi connectivity index (χ4v) is 2.80. The number of carbonyl (C=O) groups is 3. The summed E-state index contributed by atoms with van der Waals surface area (Å²) in [5.74, 6) is -0.767. The average molecular weight is 313 g/mol. The number of nitrogens with zero attached hydrogens (tertiary/aromatic N) is 3. The second kappa shape index (κ2) is 4.89. The Bertz CT molecular complexity index is 767. The third-order valence-corrected chi connectivity index (χ3v) is 4.11. The van der Waals surface area contributed by atoms with E-state index in [0.29, 0.717) is 11.1 Å². The fourth-order valence-electron chi connectivity index (χ4n) is 2.80. The van der Waals surface area contributed by atoms with Crippen LogP contribution < -0.4 is 0 Å². The Morgan fingerprint density at radius 2 is 2.04 bits per heavy atom. The van der Waals surface area contributed by atoms with E-state index in [-0.39, 0.29) is 23.9 Å². The van der Waals surface area contributed by atoms with Gasteiger partial charge in [0.2, 0.25) is 11.7 Å². The first-order valence-electron chi connectivity index (χ1n) is 7.11. The molecule has 0 aromatic heterocycles. The van der Waals surface area contributed by atoms with E-state index in [2.05, 4.69) is 0 Å². The van der Waals surface area contributed by atoms with Crippen LogP contribution in [0.5, 0.6) is 0 Å². The van der Waals surface area contributed by atoms with Crippen LogP contribution in [-0.2, 0) is 14.3 Å². The van der Waals surface area contributed by atoms with E-state index in [1.54, 1.807) is 26.0 Å². The first kappa shape index (κ1) is 15.2. The Hall–Kier alpha value is -2.72. The zero-order valence-corrected chi connectivity index (χ0v) is 13.0. The van der Waals surface area contributed by atoms with Crippen LogP contribution >= 0.6 is 0 Å². The molecule has 23 heavy (non-hydrogen) atoms. The molecule has 1 aliphatic carbocycles. The normalized spacial score (nSPS) is 26.4. The predicted octanol–water partition coefficient (Wildman–Crippen LogP) is 0.901. The number of likely N-dealkylation sites (N-methyl/N-ethyl adjacent to an activating group) is 1. The summed E-state index contributed by atoms with van der Waals surface area (Å²) in [6, 6.07) is 1.45. The van der Waals surface area contributed by atoms with Crippen LogP contribution in [0.3, 0.4) is 0 Å². The van der Waals surface area contributed by atoms with Gasteiger partial charge in [0.15, 0.2) is 0 Å². The highest BCUT2D eigenvalue weighted by Gasteiger charge is 2.48. The van der Waals surface area contributed by atoms with E-state index in [1.807, 2.05) is 6.07 Å². The molecule has 1 atom stereocenters. The van der Waals surface area contributed by atoms with Gasteiger partial charge in [-0.1, -0.05) is 0 Å². The SMILES string of the molecule is CN1C(=O)CN(C2=C3C=C(C#N)C=CC3OC(C)(C)C2=O)C1=O. The molecule has 0 saturated carbocycles. The van der Waals surface area contributed by atoms with Gasteiger partial charge < -0.3 is 4.74 Å². The number of carbonyl (C=O) groups excluding carboxylic acids is 3. The van der Waals surface area contributed by atoms with Crippen molar-refractivity contribution in [2.75, 3.05) is 13.6 Å². The maximum Gasteiger partial charge on any atom is 0.331 e. The highest BCUT2D eigenvalue weighted by molar-refractivity contribution is 6.10. The third kappa shape index (κ3) is 2.19. The average Bonchev–Trinajstić information content (AvgIpc) is 2.75. The molecule has 0 aromatic carbocycles. The van der Waals surface area contributed by atoms with Crippen LogP contribution in [0.2, 0.25) is 0 Å². The van der Waals surface area contributed by atoms with Crippen molar-refractivity contribution >= 4 is 17.7 Å². The lowest BCUT2D eigenvalue weighted by atomic mass is 9.87. The molecule has 1 unspecified atom stereocenters. The zero-order chi connectivity index (χ0) is 16.9. The van der Waals surface area contributed by atoms with Crippen molar-refractivity contribution in [2.24, 2.45) is 0 Å². The summed E-state index contributed by atoms with van der Waals surface area (Å²) < 4.78 is 5.78. The molecule has 7 heteroatoms. The van der Waals surface area contributed by atoms with Gasteiger partial charge in [0.1, 0.15) is 18.2 Å². The second-order valence-electron chi connectivity index (χ2n) is 6.07. The lowest BCUT2D eigenvalue weighted by Crippen LogP contribution is -2.49. The Kier molecular flexibility index (Phi) is 3.23. The van der Waals surface area contributed by atoms with E-state index in [9.17, 15) is 14.4 Å². The van der Waals surface area contributed by atoms with Crippen molar-refractivity contribution in [1.82, 2.24) is 9.80 Å². The lowest BCUT2D eigenvalue weighted by Gasteiger charge is -2.38. The van der Waals surface area contributed by atoms with E-state index in [1.165, 1.54) is 18.0 Å². The Morgan fingerprint density at radius 1 is 1.35 bits per heavy atom. The van der Waals surface area contributed by atoms with Crippen LogP contribution in [0.15, 0.2) is 35.1 Å². The molecule has 2 aliphatic heterocycles. The summed E-state index contributed by atoms with van der Waals surface area (Å²) in [7, 11) is 1.37. The molecule has 7 nitrogen and oxygen atoms in total. The van der Waals surface area contributed by atoms with Crippen molar-refractivity contribution in [2.45, 2.75) is 25.6 Å². The van der Waals surface area contributed by atoms with Crippen molar-refractivity contribution in [3.63, 3.8) is 0 Å². The van der Waals surface area contributed by atoms with Gasteiger partial charge in [0.25, 0.3) is 0 Å². The number of hydrogen-bond donors (Lipinski definition) is 0. The van der Waals surface area contributed by atoms with E-state index < -0.39 is 17.7 Å². The van der Waals surface area contributed by atoms with Gasteiger partial charge in [0, 0.05) is 12.6 Å². The minimum Gasteiger partial charge on any atom is -0.355 e. The first-order valence-corrected chi connectivity index (χ1v) is 7.11. The third-order valence-electron chi connectivity index (χ3n) is 4.11. The molecule has 0 bridgehead atoms. The number of fused-ring (bicyclic) bond motifs is 1. The lowest BCUT2D eigenvalue weighted by molar-refractivity contribution is -0.143. The Balaban J connectivity index is 2.18. The van der Waals surface area contributed by atoms with Gasteiger partial charge in [-0.25, -0.2) is 4.79 Å². The molecule has 0 spiro atoms. The van der Waals surface area contributed by atoms with Crippen LogP contribution in [0.4, 0.5) is 4.79 Å². The summed E-state index contributed by atoms with van der Waals surface area (Å²) >= 11 is 0. The number of amides is 3. The highest BCUT2D eigenvalue weighted by atomic mass is 16.5. The maximum absolute atomic E-state index is 12.8. The zero-order valence-electron chi connectivity index (χ0n) is 13.0. The van der Waals surface area contributed by atoms with Crippen molar-refractivity contribution in [3.8, 4) is 6.07 Å². The van der Waals surface area contributed by atoms with Gasteiger partial charge >= 0.3 is 6.03 Å². The van der Waals surface area contributed by atoms with Gasteiger partial charge in [0.05, 0.1) is 17.3 Å². The van der Waals surface area contributed by atoms with Crippen LogP contribution in [0, 0.1) is 11.3 Å². The summed E-state index contributed by atoms with van der Waals surface area (Å²) in [5.41, 5.74) is -0.205. The number of rotatable bonds is 1. The summed E-state index contributed by atoms with van der Waals surface area (Å²) in [4.78, 5) is 39.0. The van der Waals surface area contributed by atoms with E-state index >= 15 is 0 Å².